The summed E-state index contributed by atoms with van der Waals surface area (Å²) in [5.41, 5.74) is 3.33. The van der Waals surface area contributed by atoms with Crippen LogP contribution < -0.4 is 5.32 Å². The van der Waals surface area contributed by atoms with Gasteiger partial charge in [0.25, 0.3) is 0 Å². The number of amides is 1. The Bertz CT molecular complexity index is 731. The molecular formula is C18H22N2O3. The highest BCUT2D eigenvalue weighted by molar-refractivity contribution is 5.86. The minimum Gasteiger partial charge on any atom is -0.480 e. The highest BCUT2D eigenvalue weighted by Crippen LogP contribution is 2.33. The van der Waals surface area contributed by atoms with Crippen molar-refractivity contribution in [3.63, 3.8) is 0 Å². The lowest BCUT2D eigenvalue weighted by Gasteiger charge is -2.13. The molecule has 23 heavy (non-hydrogen) atoms. The fourth-order valence-electron chi connectivity index (χ4n) is 2.92. The van der Waals surface area contributed by atoms with Crippen LogP contribution in [0.2, 0.25) is 0 Å². The van der Waals surface area contributed by atoms with E-state index in [1.54, 1.807) is 0 Å². The molecule has 122 valence electrons. The number of benzene rings is 1. The van der Waals surface area contributed by atoms with Crippen LogP contribution in [0.5, 0.6) is 0 Å². The van der Waals surface area contributed by atoms with Gasteiger partial charge in [-0.2, -0.15) is 0 Å². The number of aromatic amines is 1. The molecule has 1 saturated carbocycles. The summed E-state index contributed by atoms with van der Waals surface area (Å²) in [5, 5.41) is 13.0. The number of carbonyl (C=O) groups excluding carboxylic acids is 1. The van der Waals surface area contributed by atoms with Gasteiger partial charge < -0.3 is 15.4 Å². The molecule has 0 bridgehead atoms. The summed E-state index contributed by atoms with van der Waals surface area (Å²) >= 11 is 0. The first-order valence-corrected chi connectivity index (χ1v) is 8.11. The molecule has 5 nitrogen and oxygen atoms in total. The first kappa shape index (κ1) is 15.6. The van der Waals surface area contributed by atoms with Crippen molar-refractivity contribution >= 4 is 22.8 Å². The van der Waals surface area contributed by atoms with Crippen molar-refractivity contribution in [2.45, 2.75) is 45.1 Å². The van der Waals surface area contributed by atoms with Crippen LogP contribution in [0.1, 0.15) is 36.8 Å². The zero-order valence-electron chi connectivity index (χ0n) is 13.3. The SMILES string of the molecule is Cc1ccc2[nH]cc(CCC(=O)NC(CC3CC3)C(=O)O)c2c1. The molecule has 0 spiro atoms. The van der Waals surface area contributed by atoms with Crippen molar-refractivity contribution in [1.82, 2.24) is 10.3 Å². The van der Waals surface area contributed by atoms with Gasteiger partial charge in [0.1, 0.15) is 6.04 Å². The highest BCUT2D eigenvalue weighted by Gasteiger charge is 2.30. The lowest BCUT2D eigenvalue weighted by Crippen LogP contribution is -2.41. The molecule has 1 aliphatic carbocycles. The Morgan fingerprint density at radius 1 is 1.39 bits per heavy atom. The van der Waals surface area contributed by atoms with E-state index in [0.29, 0.717) is 25.2 Å². The number of aromatic nitrogens is 1. The van der Waals surface area contributed by atoms with E-state index < -0.39 is 12.0 Å². The lowest BCUT2D eigenvalue weighted by atomic mass is 10.1. The number of rotatable bonds is 7. The van der Waals surface area contributed by atoms with Gasteiger partial charge in [0.15, 0.2) is 0 Å². The van der Waals surface area contributed by atoms with Crippen LogP contribution in [-0.2, 0) is 16.0 Å². The number of H-pyrrole nitrogens is 1. The smallest absolute Gasteiger partial charge is 0.326 e. The summed E-state index contributed by atoms with van der Waals surface area (Å²) in [7, 11) is 0. The third kappa shape index (κ3) is 3.92. The zero-order valence-corrected chi connectivity index (χ0v) is 13.3. The van der Waals surface area contributed by atoms with Crippen molar-refractivity contribution in [2.75, 3.05) is 0 Å². The predicted octanol–water partition coefficient (Wildman–Crippen LogP) is 2.78. The molecule has 0 aliphatic heterocycles. The number of carboxylic acids is 1. The molecule has 0 saturated heterocycles. The maximum absolute atomic E-state index is 12.1. The Labute approximate surface area is 135 Å². The molecule has 2 aromatic rings. The van der Waals surface area contributed by atoms with E-state index >= 15 is 0 Å². The summed E-state index contributed by atoms with van der Waals surface area (Å²) in [6.45, 7) is 2.04. The van der Waals surface area contributed by atoms with Crippen molar-refractivity contribution in [3.05, 3.63) is 35.5 Å². The van der Waals surface area contributed by atoms with Gasteiger partial charge in [-0.25, -0.2) is 4.79 Å². The predicted molar refractivity (Wildman–Crippen MR) is 88.3 cm³/mol. The number of hydrogen-bond acceptors (Lipinski definition) is 2. The molecule has 3 N–H and O–H groups in total. The summed E-state index contributed by atoms with van der Waals surface area (Å²) in [4.78, 5) is 26.5. The summed E-state index contributed by atoms with van der Waals surface area (Å²) < 4.78 is 0. The first-order valence-electron chi connectivity index (χ1n) is 8.11. The van der Waals surface area contributed by atoms with E-state index in [2.05, 4.69) is 16.4 Å². The molecule has 0 radical (unpaired) electrons. The number of hydrogen-bond donors (Lipinski definition) is 3. The molecule has 1 aromatic heterocycles. The van der Waals surface area contributed by atoms with Gasteiger partial charge in [-0.3, -0.25) is 4.79 Å². The van der Waals surface area contributed by atoms with Gasteiger partial charge in [0.2, 0.25) is 5.91 Å². The van der Waals surface area contributed by atoms with Crippen molar-refractivity contribution < 1.29 is 14.7 Å². The molecule has 3 rings (SSSR count). The first-order chi connectivity index (χ1) is 11.0. The Morgan fingerprint density at radius 3 is 2.87 bits per heavy atom. The Morgan fingerprint density at radius 2 is 2.17 bits per heavy atom. The molecule has 1 aliphatic rings. The van der Waals surface area contributed by atoms with Crippen LogP contribution in [0.15, 0.2) is 24.4 Å². The van der Waals surface area contributed by atoms with Gasteiger partial charge in [-0.05, 0) is 43.4 Å². The van der Waals surface area contributed by atoms with Gasteiger partial charge in [0.05, 0.1) is 0 Å². The Kier molecular flexibility index (Phi) is 4.37. The number of carboxylic acid groups (broad SMARTS) is 1. The number of nitrogens with one attached hydrogen (secondary N) is 2. The molecule has 1 atom stereocenters. The topological polar surface area (TPSA) is 82.2 Å². The van der Waals surface area contributed by atoms with E-state index in [4.69, 9.17) is 0 Å². The van der Waals surface area contributed by atoms with Gasteiger partial charge >= 0.3 is 5.97 Å². The maximum atomic E-state index is 12.1. The van der Waals surface area contributed by atoms with Crippen molar-refractivity contribution in [1.29, 1.82) is 0 Å². The molecule has 1 fully saturated rings. The molecule has 1 amide bonds. The number of aliphatic carboxylic acids is 1. The normalized spacial score (nSPS) is 15.5. The third-order valence-electron chi connectivity index (χ3n) is 4.44. The van der Waals surface area contributed by atoms with Crippen LogP contribution in [0.3, 0.4) is 0 Å². The quantitative estimate of drug-likeness (QED) is 0.735. The molecule has 1 heterocycles. The second-order valence-corrected chi connectivity index (χ2v) is 6.50. The van der Waals surface area contributed by atoms with E-state index in [0.717, 1.165) is 29.3 Å². The lowest BCUT2D eigenvalue weighted by molar-refractivity contribution is -0.142. The Balaban J connectivity index is 1.58. The summed E-state index contributed by atoms with van der Waals surface area (Å²) in [6, 6.07) is 5.43. The number of aryl methyl sites for hydroxylation is 2. The molecule has 1 aromatic carbocycles. The average Bonchev–Trinajstić information content (AvgIpc) is 3.23. The van der Waals surface area contributed by atoms with Crippen LogP contribution in [-0.4, -0.2) is 28.0 Å². The number of fused-ring (bicyclic) bond motifs is 1. The van der Waals surface area contributed by atoms with E-state index in [1.165, 1.54) is 5.56 Å². The highest BCUT2D eigenvalue weighted by atomic mass is 16.4. The standard InChI is InChI=1S/C18H22N2O3/c1-11-2-6-15-14(8-11)13(10-19-15)5-7-17(21)20-16(18(22)23)9-12-3-4-12/h2,6,8,10,12,16,19H,3-5,7,9H2,1H3,(H,20,21)(H,22,23). The minimum atomic E-state index is -0.937. The fraction of sp³-hybridized carbons (Fsp3) is 0.444. The molecule has 5 heteroatoms. The van der Waals surface area contributed by atoms with Crippen LogP contribution >= 0.6 is 0 Å². The van der Waals surface area contributed by atoms with Crippen molar-refractivity contribution in [2.24, 2.45) is 5.92 Å². The maximum Gasteiger partial charge on any atom is 0.326 e. The Hall–Kier alpha value is -2.30. The van der Waals surface area contributed by atoms with E-state index in [-0.39, 0.29) is 5.91 Å². The van der Waals surface area contributed by atoms with E-state index in [9.17, 15) is 14.7 Å². The minimum absolute atomic E-state index is 0.194. The third-order valence-corrected chi connectivity index (χ3v) is 4.44. The van der Waals surface area contributed by atoms with Gasteiger partial charge in [-0.1, -0.05) is 24.5 Å². The zero-order chi connectivity index (χ0) is 16.4. The summed E-state index contributed by atoms with van der Waals surface area (Å²) in [6.07, 6.45) is 5.53. The second-order valence-electron chi connectivity index (χ2n) is 6.50. The van der Waals surface area contributed by atoms with Crippen LogP contribution in [0.25, 0.3) is 10.9 Å². The van der Waals surface area contributed by atoms with Gasteiger partial charge in [0, 0.05) is 23.5 Å². The van der Waals surface area contributed by atoms with Gasteiger partial charge in [-0.15, -0.1) is 0 Å². The summed E-state index contributed by atoms with van der Waals surface area (Å²) in [5.74, 6) is -0.666. The van der Waals surface area contributed by atoms with E-state index in [1.807, 2.05) is 25.3 Å². The molecular weight excluding hydrogens is 292 g/mol. The largest absolute Gasteiger partial charge is 0.480 e. The molecule has 1 unspecified atom stereocenters. The average molecular weight is 314 g/mol. The monoisotopic (exact) mass is 314 g/mol. The van der Waals surface area contributed by atoms with Crippen LogP contribution in [0, 0.1) is 12.8 Å². The fourth-order valence-corrected chi connectivity index (χ4v) is 2.92. The number of carbonyl (C=O) groups is 2. The second kappa shape index (κ2) is 6.44. The van der Waals surface area contributed by atoms with Crippen LogP contribution in [0.4, 0.5) is 0 Å². The van der Waals surface area contributed by atoms with Crippen molar-refractivity contribution in [3.8, 4) is 0 Å².